The Morgan fingerprint density at radius 1 is 1.44 bits per heavy atom. The molecule has 0 fully saturated rings. The van der Waals surface area contributed by atoms with Crippen LogP contribution in [0.15, 0.2) is 24.8 Å². The van der Waals surface area contributed by atoms with Gasteiger partial charge in [0.15, 0.2) is 0 Å². The molecule has 0 N–H and O–H groups in total. The number of esters is 1. The van der Waals surface area contributed by atoms with E-state index in [9.17, 15) is 18.0 Å². The average molecular weight is 259 g/mol. The Morgan fingerprint density at radius 2 is 2.11 bits per heavy atom. The average Bonchev–Trinajstić information content (AvgIpc) is 2.27. The molecule has 1 aromatic heterocycles. The number of pyridine rings is 1. The SMILES string of the molecule is C=C(c1cccc(CC(=O)OCC)n1)C(F)(F)F. The van der Waals surface area contributed by atoms with Gasteiger partial charge in [-0.15, -0.1) is 0 Å². The number of hydrogen-bond acceptors (Lipinski definition) is 3. The summed E-state index contributed by atoms with van der Waals surface area (Å²) in [5.41, 5.74) is -1.10. The second-order valence-corrected chi connectivity index (χ2v) is 3.47. The van der Waals surface area contributed by atoms with Crippen LogP contribution in [-0.4, -0.2) is 23.7 Å². The fraction of sp³-hybridized carbons (Fsp3) is 0.333. The molecule has 1 heterocycles. The van der Waals surface area contributed by atoms with Crippen molar-refractivity contribution in [1.82, 2.24) is 4.98 Å². The Bertz CT molecular complexity index is 455. The van der Waals surface area contributed by atoms with Gasteiger partial charge < -0.3 is 4.74 Å². The molecule has 0 aliphatic heterocycles. The summed E-state index contributed by atoms with van der Waals surface area (Å²) >= 11 is 0. The van der Waals surface area contributed by atoms with Gasteiger partial charge in [-0.1, -0.05) is 12.6 Å². The van der Waals surface area contributed by atoms with Crippen molar-refractivity contribution in [1.29, 1.82) is 0 Å². The van der Waals surface area contributed by atoms with Crippen LogP contribution in [-0.2, 0) is 16.0 Å². The number of aromatic nitrogens is 1. The van der Waals surface area contributed by atoms with Gasteiger partial charge in [-0.25, -0.2) is 0 Å². The van der Waals surface area contributed by atoms with Gasteiger partial charge in [0.1, 0.15) is 0 Å². The zero-order valence-corrected chi connectivity index (χ0v) is 9.75. The summed E-state index contributed by atoms with van der Waals surface area (Å²) in [4.78, 5) is 14.9. The van der Waals surface area contributed by atoms with E-state index >= 15 is 0 Å². The highest BCUT2D eigenvalue weighted by molar-refractivity contribution is 5.72. The van der Waals surface area contributed by atoms with Gasteiger partial charge in [-0.05, 0) is 19.1 Å². The van der Waals surface area contributed by atoms with Crippen LogP contribution in [0.2, 0.25) is 0 Å². The van der Waals surface area contributed by atoms with Crippen molar-refractivity contribution in [3.05, 3.63) is 36.2 Å². The number of allylic oxidation sites excluding steroid dienone is 1. The summed E-state index contributed by atoms with van der Waals surface area (Å²) < 4.78 is 41.9. The Kier molecular flexibility index (Phi) is 4.47. The molecular formula is C12H12F3NO2. The highest BCUT2D eigenvalue weighted by Crippen LogP contribution is 2.31. The molecule has 6 heteroatoms. The molecule has 0 amide bonds. The van der Waals surface area contributed by atoms with Gasteiger partial charge in [0.2, 0.25) is 0 Å². The molecule has 0 aliphatic carbocycles. The Labute approximate surface area is 102 Å². The number of carbonyl (C=O) groups is 1. The van der Waals surface area contributed by atoms with E-state index in [1.807, 2.05) is 0 Å². The van der Waals surface area contributed by atoms with E-state index in [0.717, 1.165) is 0 Å². The third-order valence-corrected chi connectivity index (χ3v) is 2.09. The molecule has 0 atom stereocenters. The fourth-order valence-electron chi connectivity index (χ4n) is 1.25. The molecule has 98 valence electrons. The standard InChI is InChI=1S/C12H12F3NO2/c1-3-18-11(17)7-9-5-4-6-10(16-9)8(2)12(13,14)15/h4-6H,2-3,7H2,1H3. The number of nitrogens with zero attached hydrogens (tertiary/aromatic N) is 1. The molecule has 0 radical (unpaired) electrons. The first kappa shape index (κ1) is 14.2. The molecule has 0 aliphatic rings. The maximum atomic E-state index is 12.4. The minimum absolute atomic E-state index is 0.160. The van der Waals surface area contributed by atoms with E-state index < -0.39 is 17.7 Å². The molecule has 0 aromatic carbocycles. The smallest absolute Gasteiger partial charge is 0.417 e. The van der Waals surface area contributed by atoms with E-state index in [-0.39, 0.29) is 24.4 Å². The molecule has 0 saturated carbocycles. The molecule has 3 nitrogen and oxygen atoms in total. The van der Waals surface area contributed by atoms with Crippen LogP contribution in [0.4, 0.5) is 13.2 Å². The third kappa shape index (κ3) is 3.87. The summed E-state index contributed by atoms with van der Waals surface area (Å²) in [5.74, 6) is -0.528. The monoisotopic (exact) mass is 259 g/mol. The van der Waals surface area contributed by atoms with Crippen molar-refractivity contribution in [2.45, 2.75) is 19.5 Å². The lowest BCUT2D eigenvalue weighted by Gasteiger charge is -2.10. The number of hydrogen-bond donors (Lipinski definition) is 0. The third-order valence-electron chi connectivity index (χ3n) is 2.09. The lowest BCUT2D eigenvalue weighted by molar-refractivity contribution is -0.142. The van der Waals surface area contributed by atoms with Crippen LogP contribution in [0.3, 0.4) is 0 Å². The van der Waals surface area contributed by atoms with E-state index in [2.05, 4.69) is 16.3 Å². The molecular weight excluding hydrogens is 247 g/mol. The largest absolute Gasteiger partial charge is 0.466 e. The van der Waals surface area contributed by atoms with Crippen LogP contribution >= 0.6 is 0 Å². The van der Waals surface area contributed by atoms with Gasteiger partial charge in [0.05, 0.1) is 30.0 Å². The van der Waals surface area contributed by atoms with E-state index in [4.69, 9.17) is 0 Å². The van der Waals surface area contributed by atoms with Crippen molar-refractivity contribution in [2.75, 3.05) is 6.61 Å². The molecule has 0 saturated heterocycles. The summed E-state index contributed by atoms with van der Waals surface area (Å²) in [6.45, 7) is 4.81. The molecule has 18 heavy (non-hydrogen) atoms. The maximum Gasteiger partial charge on any atom is 0.417 e. The zero-order valence-electron chi connectivity index (χ0n) is 9.75. The first-order chi connectivity index (χ1) is 8.34. The fourth-order valence-corrected chi connectivity index (χ4v) is 1.25. The Hall–Kier alpha value is -1.85. The lowest BCUT2D eigenvalue weighted by atomic mass is 10.1. The van der Waals surface area contributed by atoms with E-state index in [1.54, 1.807) is 6.92 Å². The van der Waals surface area contributed by atoms with Gasteiger partial charge in [0.25, 0.3) is 0 Å². The van der Waals surface area contributed by atoms with E-state index in [1.165, 1.54) is 18.2 Å². The van der Waals surface area contributed by atoms with Crippen molar-refractivity contribution < 1.29 is 22.7 Å². The van der Waals surface area contributed by atoms with Gasteiger partial charge in [-0.2, -0.15) is 13.2 Å². The molecule has 0 unspecified atom stereocenters. The minimum atomic E-state index is -4.53. The van der Waals surface area contributed by atoms with E-state index in [0.29, 0.717) is 0 Å². The predicted octanol–water partition coefficient (Wildman–Crippen LogP) is 2.76. The highest BCUT2D eigenvalue weighted by atomic mass is 19.4. The maximum absolute atomic E-state index is 12.4. The van der Waals surface area contributed by atoms with Gasteiger partial charge in [-0.3, -0.25) is 9.78 Å². The number of halogens is 3. The number of alkyl halides is 3. The summed E-state index contributed by atoms with van der Waals surface area (Å²) in [6.07, 6.45) is -4.69. The number of ether oxygens (including phenoxy) is 1. The first-order valence-electron chi connectivity index (χ1n) is 5.22. The summed E-state index contributed by atoms with van der Waals surface area (Å²) in [6, 6.07) is 4.06. The van der Waals surface area contributed by atoms with Crippen molar-refractivity contribution in [3.63, 3.8) is 0 Å². The van der Waals surface area contributed by atoms with Crippen LogP contribution in [0.5, 0.6) is 0 Å². The number of carbonyl (C=O) groups excluding carboxylic acids is 1. The molecule has 0 spiro atoms. The Balaban J connectivity index is 2.86. The molecule has 0 bridgehead atoms. The second kappa shape index (κ2) is 5.66. The van der Waals surface area contributed by atoms with Crippen molar-refractivity contribution in [2.24, 2.45) is 0 Å². The highest BCUT2D eigenvalue weighted by Gasteiger charge is 2.33. The lowest BCUT2D eigenvalue weighted by Crippen LogP contribution is -2.13. The van der Waals surface area contributed by atoms with Gasteiger partial charge in [0, 0.05) is 0 Å². The minimum Gasteiger partial charge on any atom is -0.466 e. The summed E-state index contributed by atoms with van der Waals surface area (Å²) in [7, 11) is 0. The molecule has 1 rings (SSSR count). The first-order valence-corrected chi connectivity index (χ1v) is 5.22. The normalized spacial score (nSPS) is 11.1. The number of rotatable bonds is 4. The quantitative estimate of drug-likeness (QED) is 0.780. The predicted molar refractivity (Wildman–Crippen MR) is 59.7 cm³/mol. The second-order valence-electron chi connectivity index (χ2n) is 3.47. The van der Waals surface area contributed by atoms with Crippen LogP contribution in [0.25, 0.3) is 5.57 Å². The summed E-state index contributed by atoms with van der Waals surface area (Å²) in [5, 5.41) is 0. The zero-order chi connectivity index (χ0) is 13.8. The Morgan fingerprint density at radius 3 is 2.67 bits per heavy atom. The van der Waals surface area contributed by atoms with Crippen molar-refractivity contribution >= 4 is 11.5 Å². The van der Waals surface area contributed by atoms with Crippen LogP contribution in [0, 0.1) is 0 Å². The molecule has 1 aromatic rings. The van der Waals surface area contributed by atoms with Crippen molar-refractivity contribution in [3.8, 4) is 0 Å². The van der Waals surface area contributed by atoms with Crippen LogP contribution in [0.1, 0.15) is 18.3 Å². The van der Waals surface area contributed by atoms with Crippen LogP contribution < -0.4 is 0 Å². The van der Waals surface area contributed by atoms with Gasteiger partial charge >= 0.3 is 12.1 Å². The topological polar surface area (TPSA) is 39.2 Å².